The van der Waals surface area contributed by atoms with Crippen molar-refractivity contribution in [3.63, 3.8) is 0 Å². The molecule has 0 spiro atoms. The molecule has 0 aromatic rings. The summed E-state index contributed by atoms with van der Waals surface area (Å²) in [6, 6.07) is -0.0125. The van der Waals surface area contributed by atoms with Crippen LogP contribution in [0.5, 0.6) is 0 Å². The lowest BCUT2D eigenvalue weighted by atomic mass is 9.86. The second-order valence-electron chi connectivity index (χ2n) is 5.78. The zero-order chi connectivity index (χ0) is 14.2. The maximum absolute atomic E-state index is 12.5. The van der Waals surface area contributed by atoms with Gasteiger partial charge in [-0.25, -0.2) is 0 Å². The predicted molar refractivity (Wildman–Crippen MR) is 80.1 cm³/mol. The molecule has 5 heteroatoms. The summed E-state index contributed by atoms with van der Waals surface area (Å²) in [5, 5.41) is 3.47. The van der Waals surface area contributed by atoms with Crippen molar-refractivity contribution in [1.82, 2.24) is 10.2 Å². The molecule has 4 rings (SSSR count). The van der Waals surface area contributed by atoms with E-state index in [1.165, 1.54) is 0 Å². The van der Waals surface area contributed by atoms with Gasteiger partial charge in [0.05, 0.1) is 25.7 Å². The van der Waals surface area contributed by atoms with Gasteiger partial charge in [-0.1, -0.05) is 6.08 Å². The van der Waals surface area contributed by atoms with Crippen LogP contribution in [0, 0.1) is 0 Å². The van der Waals surface area contributed by atoms with Gasteiger partial charge in [0.1, 0.15) is 6.17 Å². The van der Waals surface area contributed by atoms with Crippen LogP contribution >= 0.6 is 0 Å². The second kappa shape index (κ2) is 5.24. The monoisotopic (exact) mass is 285 g/mol. The van der Waals surface area contributed by atoms with Gasteiger partial charge in [0.15, 0.2) is 5.78 Å². The van der Waals surface area contributed by atoms with E-state index >= 15 is 0 Å². The topological polar surface area (TPSA) is 53.9 Å². The van der Waals surface area contributed by atoms with Gasteiger partial charge in [-0.2, -0.15) is 0 Å². The average molecular weight is 285 g/mol. The first-order chi connectivity index (χ1) is 10.3. The molecule has 1 aliphatic carbocycles. The van der Waals surface area contributed by atoms with Gasteiger partial charge in [-0.05, 0) is 17.7 Å². The van der Waals surface area contributed by atoms with E-state index in [1.54, 1.807) is 0 Å². The smallest absolute Gasteiger partial charge is 0.166 e. The molecule has 0 aromatic heterocycles. The largest absolute Gasteiger partial charge is 0.378 e. The van der Waals surface area contributed by atoms with E-state index < -0.39 is 0 Å². The lowest BCUT2D eigenvalue weighted by molar-refractivity contribution is -0.116. The Hall–Kier alpha value is -1.72. The minimum atomic E-state index is -0.0125. The third-order valence-electron chi connectivity index (χ3n) is 4.46. The number of nitrogens with zero attached hydrogens (tertiary/aromatic N) is 2. The number of carbonyl (C=O) groups is 1. The molecule has 0 radical (unpaired) electrons. The Balaban J connectivity index is 1.63. The highest BCUT2D eigenvalue weighted by Crippen LogP contribution is 2.30. The molecule has 3 aliphatic heterocycles. The number of dihydropyridines is 1. The van der Waals surface area contributed by atoms with E-state index in [2.05, 4.69) is 27.4 Å². The number of nitrogens with one attached hydrogen (secondary N) is 1. The van der Waals surface area contributed by atoms with Crippen LogP contribution in [0.15, 0.2) is 40.1 Å². The molecule has 0 amide bonds. The molecule has 2 unspecified atom stereocenters. The van der Waals surface area contributed by atoms with Crippen molar-refractivity contribution in [3.8, 4) is 0 Å². The van der Waals surface area contributed by atoms with E-state index in [1.807, 2.05) is 12.3 Å². The number of hydrogen-bond acceptors (Lipinski definition) is 5. The molecule has 110 valence electrons. The molecule has 5 nitrogen and oxygen atoms in total. The molecule has 1 fully saturated rings. The zero-order valence-electron chi connectivity index (χ0n) is 11.9. The number of morpholine rings is 1. The van der Waals surface area contributed by atoms with Crippen LogP contribution in [0.3, 0.4) is 0 Å². The van der Waals surface area contributed by atoms with Gasteiger partial charge in [-0.15, -0.1) is 0 Å². The van der Waals surface area contributed by atoms with Crippen molar-refractivity contribution in [2.75, 3.05) is 26.3 Å². The van der Waals surface area contributed by atoms with Gasteiger partial charge < -0.3 is 9.64 Å². The fraction of sp³-hybridized carbons (Fsp3) is 0.500. The van der Waals surface area contributed by atoms with Gasteiger partial charge >= 0.3 is 0 Å². The highest BCUT2D eigenvalue weighted by atomic mass is 16.5. The molecule has 0 aromatic carbocycles. The van der Waals surface area contributed by atoms with Crippen LogP contribution in [0.4, 0.5) is 0 Å². The summed E-state index contributed by atoms with van der Waals surface area (Å²) < 4.78 is 5.39. The minimum Gasteiger partial charge on any atom is -0.378 e. The lowest BCUT2D eigenvalue weighted by Crippen LogP contribution is -2.47. The fourth-order valence-corrected chi connectivity index (χ4v) is 3.34. The van der Waals surface area contributed by atoms with E-state index in [4.69, 9.17) is 4.74 Å². The third kappa shape index (κ3) is 2.36. The molecule has 0 saturated carbocycles. The molecule has 4 aliphatic rings. The quantitative estimate of drug-likeness (QED) is 0.774. The van der Waals surface area contributed by atoms with E-state index in [0.717, 1.165) is 49.6 Å². The van der Waals surface area contributed by atoms with Crippen LogP contribution in [-0.2, 0) is 9.53 Å². The summed E-state index contributed by atoms with van der Waals surface area (Å²) in [4.78, 5) is 19.2. The van der Waals surface area contributed by atoms with Crippen molar-refractivity contribution in [3.05, 3.63) is 35.1 Å². The normalized spacial score (nSPS) is 31.9. The number of ketones is 1. The summed E-state index contributed by atoms with van der Waals surface area (Å²) >= 11 is 0. The van der Waals surface area contributed by atoms with Crippen LogP contribution in [0.1, 0.15) is 12.8 Å². The summed E-state index contributed by atoms with van der Waals surface area (Å²) in [6.07, 6.45) is 9.66. The van der Waals surface area contributed by atoms with Crippen molar-refractivity contribution in [2.45, 2.75) is 25.0 Å². The Morgan fingerprint density at radius 2 is 2.19 bits per heavy atom. The average Bonchev–Trinajstić information content (AvgIpc) is 2.54. The Kier molecular flexibility index (Phi) is 3.24. The highest BCUT2D eigenvalue weighted by Gasteiger charge is 2.34. The molecule has 2 atom stereocenters. The zero-order valence-corrected chi connectivity index (χ0v) is 11.9. The van der Waals surface area contributed by atoms with Crippen molar-refractivity contribution < 1.29 is 9.53 Å². The molecule has 1 N–H and O–H groups in total. The molecular weight excluding hydrogens is 266 g/mol. The second-order valence-corrected chi connectivity index (χ2v) is 5.78. The van der Waals surface area contributed by atoms with Crippen LogP contribution < -0.4 is 5.32 Å². The number of hydrogen-bond donors (Lipinski definition) is 1. The maximum Gasteiger partial charge on any atom is 0.166 e. The van der Waals surface area contributed by atoms with Crippen molar-refractivity contribution in [2.24, 2.45) is 4.99 Å². The van der Waals surface area contributed by atoms with Crippen molar-refractivity contribution in [1.29, 1.82) is 0 Å². The molecule has 21 heavy (non-hydrogen) atoms. The SMILES string of the molecule is O=C1CC(N2CCOCC2)=CC2NC3N=CCC=C3C=C12. The van der Waals surface area contributed by atoms with E-state index in [0.29, 0.717) is 6.42 Å². The molecule has 0 bridgehead atoms. The first kappa shape index (κ1) is 13.0. The number of aliphatic imine (C=N–C) groups is 1. The number of carbonyl (C=O) groups excluding carboxylic acids is 1. The molecular formula is C16H19N3O2. The maximum atomic E-state index is 12.5. The van der Waals surface area contributed by atoms with E-state index in [-0.39, 0.29) is 18.0 Å². The molecule has 3 heterocycles. The first-order valence-corrected chi connectivity index (χ1v) is 7.57. The van der Waals surface area contributed by atoms with Crippen LogP contribution in [0.25, 0.3) is 0 Å². The number of Topliss-reactive ketones (excluding diaryl/α,β-unsaturated/α-hetero) is 1. The fourth-order valence-electron chi connectivity index (χ4n) is 3.34. The predicted octanol–water partition coefficient (Wildman–Crippen LogP) is 0.800. The summed E-state index contributed by atoms with van der Waals surface area (Å²) in [5.41, 5.74) is 3.14. The Morgan fingerprint density at radius 3 is 3.05 bits per heavy atom. The Labute approximate surface area is 124 Å². The van der Waals surface area contributed by atoms with Crippen molar-refractivity contribution >= 4 is 12.0 Å². The summed E-state index contributed by atoms with van der Waals surface area (Å²) in [5.74, 6) is 0.227. The first-order valence-electron chi connectivity index (χ1n) is 7.57. The molecule has 1 saturated heterocycles. The van der Waals surface area contributed by atoms with Gasteiger partial charge in [0.2, 0.25) is 0 Å². The van der Waals surface area contributed by atoms with Crippen LogP contribution in [-0.4, -0.2) is 55.4 Å². The lowest BCUT2D eigenvalue weighted by Gasteiger charge is -2.37. The summed E-state index contributed by atoms with van der Waals surface area (Å²) in [7, 11) is 0. The Morgan fingerprint density at radius 1 is 1.33 bits per heavy atom. The van der Waals surface area contributed by atoms with Gasteiger partial charge in [-0.3, -0.25) is 15.1 Å². The number of fused-ring (bicyclic) bond motifs is 2. The van der Waals surface area contributed by atoms with Crippen LogP contribution in [0.2, 0.25) is 0 Å². The standard InChI is InChI=1S/C16H19N3O2/c20-15-10-12(19-4-6-21-7-5-19)9-14-13(15)8-11-2-1-3-17-16(11)18-14/h2-3,8-9,14,16,18H,1,4-7,10H2. The summed E-state index contributed by atoms with van der Waals surface area (Å²) in [6.45, 7) is 3.23. The van der Waals surface area contributed by atoms with Gasteiger partial charge in [0, 0.05) is 37.0 Å². The third-order valence-corrected chi connectivity index (χ3v) is 4.46. The number of allylic oxidation sites excluding steroid dienone is 2. The van der Waals surface area contributed by atoms with E-state index in [9.17, 15) is 4.79 Å². The highest BCUT2D eigenvalue weighted by molar-refractivity contribution is 6.00. The number of rotatable bonds is 1. The minimum absolute atomic E-state index is 0.000546. The van der Waals surface area contributed by atoms with Gasteiger partial charge in [0.25, 0.3) is 0 Å². The number of ether oxygens (including phenoxy) is 1. The Bertz CT molecular complexity index is 582.